The topological polar surface area (TPSA) is 15.3 Å². The normalized spacial score (nSPS) is 27.2. The van der Waals surface area contributed by atoms with Crippen LogP contribution in [0.15, 0.2) is 0 Å². The quantitative estimate of drug-likeness (QED) is 0.810. The van der Waals surface area contributed by atoms with Gasteiger partial charge in [0.25, 0.3) is 0 Å². The highest BCUT2D eigenvalue weighted by Gasteiger charge is 2.29. The van der Waals surface area contributed by atoms with E-state index >= 15 is 0 Å². The van der Waals surface area contributed by atoms with Gasteiger partial charge in [-0.25, -0.2) is 0 Å². The lowest BCUT2D eigenvalue weighted by Crippen LogP contribution is -2.48. The fourth-order valence-corrected chi connectivity index (χ4v) is 3.93. The first-order chi connectivity index (χ1) is 8.35. The van der Waals surface area contributed by atoms with Crippen LogP contribution in [-0.2, 0) is 0 Å². The van der Waals surface area contributed by atoms with Gasteiger partial charge in [0.15, 0.2) is 0 Å². The van der Waals surface area contributed by atoms with Crippen LogP contribution in [0.3, 0.4) is 0 Å². The average Bonchev–Trinajstić information content (AvgIpc) is 2.42. The van der Waals surface area contributed by atoms with E-state index in [1.54, 1.807) is 0 Å². The first kappa shape index (κ1) is 13.4. The minimum absolute atomic E-state index is 0.773. The fourth-order valence-electron chi connectivity index (χ4n) is 3.93. The molecule has 1 saturated heterocycles. The van der Waals surface area contributed by atoms with Crippen LogP contribution in [-0.4, -0.2) is 37.1 Å². The molecule has 2 nitrogen and oxygen atoms in total. The van der Waals surface area contributed by atoms with Gasteiger partial charge in [-0.15, -0.1) is 0 Å². The van der Waals surface area contributed by atoms with Gasteiger partial charge in [-0.3, -0.25) is 0 Å². The summed E-state index contributed by atoms with van der Waals surface area (Å²) < 4.78 is 0. The Balaban J connectivity index is 1.85. The molecule has 1 heterocycles. The van der Waals surface area contributed by atoms with Crippen molar-refractivity contribution in [2.45, 2.75) is 70.4 Å². The van der Waals surface area contributed by atoms with Gasteiger partial charge in [0.2, 0.25) is 0 Å². The zero-order valence-corrected chi connectivity index (χ0v) is 11.8. The molecule has 1 unspecified atom stereocenters. The molecule has 1 atom stereocenters. The van der Waals surface area contributed by atoms with E-state index in [0.29, 0.717) is 0 Å². The van der Waals surface area contributed by atoms with Crippen molar-refractivity contribution in [2.75, 3.05) is 20.1 Å². The van der Waals surface area contributed by atoms with Gasteiger partial charge in [0.05, 0.1) is 0 Å². The lowest BCUT2D eigenvalue weighted by Gasteiger charge is -2.42. The Bertz CT molecular complexity index is 203. The van der Waals surface area contributed by atoms with E-state index < -0.39 is 0 Å². The predicted molar refractivity (Wildman–Crippen MR) is 74.3 cm³/mol. The zero-order valence-electron chi connectivity index (χ0n) is 11.8. The van der Waals surface area contributed by atoms with Crippen molar-refractivity contribution in [3.8, 4) is 0 Å². The summed E-state index contributed by atoms with van der Waals surface area (Å²) in [6.07, 6.45) is 11.5. The summed E-state index contributed by atoms with van der Waals surface area (Å²) in [7, 11) is 2.11. The number of likely N-dealkylation sites (tertiary alicyclic amines) is 1. The van der Waals surface area contributed by atoms with E-state index in [0.717, 1.165) is 18.0 Å². The molecular formula is C15H30N2. The average molecular weight is 238 g/mol. The molecule has 0 bridgehead atoms. The number of rotatable bonds is 4. The highest BCUT2D eigenvalue weighted by molar-refractivity contribution is 4.85. The van der Waals surface area contributed by atoms with Crippen molar-refractivity contribution in [2.24, 2.45) is 5.92 Å². The van der Waals surface area contributed by atoms with Crippen molar-refractivity contribution < 1.29 is 0 Å². The lowest BCUT2D eigenvalue weighted by atomic mass is 9.81. The second kappa shape index (κ2) is 6.75. The SMILES string of the molecule is CCC(C1CCCCC1)N1CCC(NC)CC1. The van der Waals surface area contributed by atoms with Crippen LogP contribution in [0.4, 0.5) is 0 Å². The van der Waals surface area contributed by atoms with Crippen LogP contribution in [0.25, 0.3) is 0 Å². The standard InChI is InChI=1S/C15H30N2/c1-3-15(13-7-5-4-6-8-13)17-11-9-14(16-2)10-12-17/h13-16H,3-12H2,1-2H3. The zero-order chi connectivity index (χ0) is 12.1. The number of hydrogen-bond acceptors (Lipinski definition) is 2. The minimum Gasteiger partial charge on any atom is -0.317 e. The molecule has 0 aromatic carbocycles. The monoisotopic (exact) mass is 238 g/mol. The molecule has 0 amide bonds. The third-order valence-corrected chi connectivity index (χ3v) is 5.02. The molecule has 0 aromatic heterocycles. The summed E-state index contributed by atoms with van der Waals surface area (Å²) in [6, 6.07) is 1.66. The van der Waals surface area contributed by atoms with Crippen LogP contribution in [0, 0.1) is 5.92 Å². The summed E-state index contributed by atoms with van der Waals surface area (Å²) in [6.45, 7) is 5.03. The van der Waals surface area contributed by atoms with Crippen LogP contribution >= 0.6 is 0 Å². The minimum atomic E-state index is 0.773. The van der Waals surface area contributed by atoms with Crippen LogP contribution < -0.4 is 5.32 Å². The molecule has 1 saturated carbocycles. The molecule has 2 aliphatic rings. The Morgan fingerprint density at radius 1 is 1.06 bits per heavy atom. The highest BCUT2D eigenvalue weighted by Crippen LogP contribution is 2.31. The smallest absolute Gasteiger partial charge is 0.0121 e. The Kier molecular flexibility index (Phi) is 5.30. The molecule has 1 aliphatic heterocycles. The molecule has 2 heteroatoms. The summed E-state index contributed by atoms with van der Waals surface area (Å²) in [5.74, 6) is 1.000. The van der Waals surface area contributed by atoms with E-state index in [2.05, 4.69) is 24.2 Å². The Morgan fingerprint density at radius 2 is 1.71 bits per heavy atom. The molecule has 0 aromatic rings. The second-order valence-electron chi connectivity index (χ2n) is 5.97. The van der Waals surface area contributed by atoms with E-state index in [1.165, 1.54) is 64.5 Å². The van der Waals surface area contributed by atoms with Gasteiger partial charge in [-0.1, -0.05) is 26.2 Å². The summed E-state index contributed by atoms with van der Waals surface area (Å²) in [5.41, 5.74) is 0. The van der Waals surface area contributed by atoms with Crippen molar-refractivity contribution in [3.63, 3.8) is 0 Å². The van der Waals surface area contributed by atoms with E-state index in [9.17, 15) is 0 Å². The number of piperidine rings is 1. The van der Waals surface area contributed by atoms with Gasteiger partial charge in [0, 0.05) is 12.1 Å². The highest BCUT2D eigenvalue weighted by atomic mass is 15.2. The maximum atomic E-state index is 3.43. The summed E-state index contributed by atoms with van der Waals surface area (Å²) >= 11 is 0. The van der Waals surface area contributed by atoms with Crippen LogP contribution in [0.1, 0.15) is 58.3 Å². The molecule has 1 aliphatic carbocycles. The first-order valence-electron chi connectivity index (χ1n) is 7.76. The Hall–Kier alpha value is -0.0800. The molecule has 17 heavy (non-hydrogen) atoms. The maximum absolute atomic E-state index is 3.43. The van der Waals surface area contributed by atoms with Crippen molar-refractivity contribution in [1.82, 2.24) is 10.2 Å². The van der Waals surface area contributed by atoms with Crippen LogP contribution in [0.2, 0.25) is 0 Å². The second-order valence-corrected chi connectivity index (χ2v) is 5.97. The largest absolute Gasteiger partial charge is 0.317 e. The molecule has 0 radical (unpaired) electrons. The summed E-state index contributed by atoms with van der Waals surface area (Å²) in [5, 5.41) is 3.43. The number of nitrogens with zero attached hydrogens (tertiary/aromatic N) is 1. The van der Waals surface area contributed by atoms with Crippen molar-refractivity contribution in [3.05, 3.63) is 0 Å². The van der Waals surface area contributed by atoms with Gasteiger partial charge in [0.1, 0.15) is 0 Å². The molecule has 2 rings (SSSR count). The molecule has 1 N–H and O–H groups in total. The van der Waals surface area contributed by atoms with Gasteiger partial charge >= 0.3 is 0 Å². The predicted octanol–water partition coefficient (Wildman–Crippen LogP) is 3.03. The first-order valence-corrected chi connectivity index (χ1v) is 7.76. The van der Waals surface area contributed by atoms with Crippen molar-refractivity contribution in [1.29, 1.82) is 0 Å². The van der Waals surface area contributed by atoms with E-state index in [-0.39, 0.29) is 0 Å². The third kappa shape index (κ3) is 3.45. The van der Waals surface area contributed by atoms with Gasteiger partial charge < -0.3 is 10.2 Å². The summed E-state index contributed by atoms with van der Waals surface area (Å²) in [4.78, 5) is 2.80. The Labute approximate surface area is 107 Å². The number of hydrogen-bond donors (Lipinski definition) is 1. The molecule has 100 valence electrons. The lowest BCUT2D eigenvalue weighted by molar-refractivity contribution is 0.0843. The van der Waals surface area contributed by atoms with E-state index in [1.807, 2.05) is 0 Å². The Morgan fingerprint density at radius 3 is 2.24 bits per heavy atom. The third-order valence-electron chi connectivity index (χ3n) is 5.02. The molecule has 0 spiro atoms. The maximum Gasteiger partial charge on any atom is 0.0121 e. The van der Waals surface area contributed by atoms with Crippen molar-refractivity contribution >= 4 is 0 Å². The van der Waals surface area contributed by atoms with Crippen LogP contribution in [0.5, 0.6) is 0 Å². The van der Waals surface area contributed by atoms with E-state index in [4.69, 9.17) is 0 Å². The molecular weight excluding hydrogens is 208 g/mol. The molecule has 2 fully saturated rings. The fraction of sp³-hybridized carbons (Fsp3) is 1.00. The number of nitrogens with one attached hydrogen (secondary N) is 1. The van der Waals surface area contributed by atoms with Gasteiger partial charge in [-0.2, -0.15) is 0 Å². The van der Waals surface area contributed by atoms with Gasteiger partial charge in [-0.05, 0) is 58.2 Å².